The van der Waals surface area contributed by atoms with E-state index in [0.717, 1.165) is 5.76 Å². The summed E-state index contributed by atoms with van der Waals surface area (Å²) in [7, 11) is 1.60. The lowest BCUT2D eigenvalue weighted by Crippen LogP contribution is -2.09. The van der Waals surface area contributed by atoms with Crippen molar-refractivity contribution in [3.8, 4) is 0 Å². The Balaban J connectivity index is 2.56. The SMILES string of the molecule is COCC(CO)c1ccco1. The maximum Gasteiger partial charge on any atom is 0.111 e. The van der Waals surface area contributed by atoms with Gasteiger partial charge in [0.1, 0.15) is 5.76 Å². The van der Waals surface area contributed by atoms with E-state index in [0.29, 0.717) is 6.61 Å². The summed E-state index contributed by atoms with van der Waals surface area (Å²) in [4.78, 5) is 0. The molecule has 0 aromatic carbocycles. The molecule has 0 radical (unpaired) electrons. The molecule has 0 saturated heterocycles. The van der Waals surface area contributed by atoms with E-state index in [-0.39, 0.29) is 12.5 Å². The molecule has 0 aliphatic rings. The van der Waals surface area contributed by atoms with Gasteiger partial charge in [-0.15, -0.1) is 0 Å². The van der Waals surface area contributed by atoms with E-state index in [1.54, 1.807) is 19.4 Å². The number of ether oxygens (including phenoxy) is 1. The Bertz CT molecular complexity index is 181. The van der Waals surface area contributed by atoms with Gasteiger partial charge < -0.3 is 14.3 Å². The molecule has 1 aromatic rings. The van der Waals surface area contributed by atoms with Gasteiger partial charge in [0.05, 0.1) is 25.4 Å². The molecule has 0 amide bonds. The fraction of sp³-hybridized carbons (Fsp3) is 0.500. The minimum Gasteiger partial charge on any atom is -0.469 e. The predicted molar refractivity (Wildman–Crippen MR) is 40.4 cm³/mol. The molecule has 3 nitrogen and oxygen atoms in total. The molecule has 1 N–H and O–H groups in total. The summed E-state index contributed by atoms with van der Waals surface area (Å²) >= 11 is 0. The van der Waals surface area contributed by atoms with Gasteiger partial charge >= 0.3 is 0 Å². The zero-order chi connectivity index (χ0) is 8.10. The fourth-order valence-electron chi connectivity index (χ4n) is 0.950. The third kappa shape index (κ3) is 2.06. The lowest BCUT2D eigenvalue weighted by molar-refractivity contribution is 0.134. The summed E-state index contributed by atoms with van der Waals surface area (Å²) in [5.41, 5.74) is 0. The van der Waals surface area contributed by atoms with Crippen LogP contribution in [0.2, 0.25) is 0 Å². The van der Waals surface area contributed by atoms with E-state index < -0.39 is 0 Å². The second kappa shape index (κ2) is 4.16. The fourth-order valence-corrected chi connectivity index (χ4v) is 0.950. The molecule has 0 aliphatic heterocycles. The number of methoxy groups -OCH3 is 1. The first-order valence-electron chi connectivity index (χ1n) is 3.51. The summed E-state index contributed by atoms with van der Waals surface area (Å²) in [6.45, 7) is 0.547. The highest BCUT2D eigenvalue weighted by Gasteiger charge is 2.11. The Morgan fingerprint density at radius 3 is 3.00 bits per heavy atom. The molecule has 0 fully saturated rings. The first kappa shape index (κ1) is 8.30. The van der Waals surface area contributed by atoms with E-state index in [4.69, 9.17) is 14.3 Å². The summed E-state index contributed by atoms with van der Waals surface area (Å²) in [6, 6.07) is 3.63. The Morgan fingerprint density at radius 2 is 2.55 bits per heavy atom. The van der Waals surface area contributed by atoms with Crippen LogP contribution in [0, 0.1) is 0 Å². The Morgan fingerprint density at radius 1 is 1.73 bits per heavy atom. The molecule has 62 valence electrons. The third-order valence-corrected chi connectivity index (χ3v) is 1.53. The summed E-state index contributed by atoms with van der Waals surface area (Å²) < 4.78 is 10.00. The topological polar surface area (TPSA) is 42.6 Å². The van der Waals surface area contributed by atoms with Crippen LogP contribution >= 0.6 is 0 Å². The molecule has 1 heterocycles. The number of hydrogen-bond acceptors (Lipinski definition) is 3. The van der Waals surface area contributed by atoms with Gasteiger partial charge in [-0.05, 0) is 12.1 Å². The molecule has 11 heavy (non-hydrogen) atoms. The van der Waals surface area contributed by atoms with E-state index >= 15 is 0 Å². The van der Waals surface area contributed by atoms with Crippen LogP contribution in [0.25, 0.3) is 0 Å². The number of hydrogen-bond donors (Lipinski definition) is 1. The minimum atomic E-state index is -0.0324. The van der Waals surface area contributed by atoms with Gasteiger partial charge in [-0.1, -0.05) is 0 Å². The van der Waals surface area contributed by atoms with Crippen molar-refractivity contribution in [2.45, 2.75) is 5.92 Å². The van der Waals surface area contributed by atoms with Crippen LogP contribution < -0.4 is 0 Å². The molecule has 0 bridgehead atoms. The quantitative estimate of drug-likeness (QED) is 0.707. The van der Waals surface area contributed by atoms with Crippen LogP contribution in [-0.4, -0.2) is 25.4 Å². The molecular weight excluding hydrogens is 144 g/mol. The van der Waals surface area contributed by atoms with Crippen molar-refractivity contribution in [3.63, 3.8) is 0 Å². The number of furan rings is 1. The Labute approximate surface area is 65.6 Å². The summed E-state index contributed by atoms with van der Waals surface area (Å²) in [6.07, 6.45) is 1.59. The van der Waals surface area contributed by atoms with Crippen LogP contribution in [0.15, 0.2) is 22.8 Å². The van der Waals surface area contributed by atoms with Gasteiger partial charge in [-0.25, -0.2) is 0 Å². The second-order valence-corrected chi connectivity index (χ2v) is 2.35. The molecular formula is C8H12O3. The van der Waals surface area contributed by atoms with Crippen molar-refractivity contribution in [2.75, 3.05) is 20.3 Å². The average Bonchev–Trinajstić information content (AvgIpc) is 2.52. The number of aliphatic hydroxyl groups excluding tert-OH is 1. The van der Waals surface area contributed by atoms with Gasteiger partial charge in [0.2, 0.25) is 0 Å². The van der Waals surface area contributed by atoms with Crippen LogP contribution in [0.3, 0.4) is 0 Å². The van der Waals surface area contributed by atoms with E-state index in [1.807, 2.05) is 6.07 Å². The number of rotatable bonds is 4. The first-order valence-corrected chi connectivity index (χ1v) is 3.51. The Kier molecular flexibility index (Phi) is 3.14. The second-order valence-electron chi connectivity index (χ2n) is 2.35. The van der Waals surface area contributed by atoms with E-state index in [9.17, 15) is 0 Å². The maximum absolute atomic E-state index is 8.89. The van der Waals surface area contributed by atoms with Crippen LogP contribution in [-0.2, 0) is 4.74 Å². The molecule has 3 heteroatoms. The monoisotopic (exact) mass is 156 g/mol. The van der Waals surface area contributed by atoms with Crippen molar-refractivity contribution in [3.05, 3.63) is 24.2 Å². The Hall–Kier alpha value is -0.800. The smallest absolute Gasteiger partial charge is 0.111 e. The van der Waals surface area contributed by atoms with E-state index in [2.05, 4.69) is 0 Å². The zero-order valence-corrected chi connectivity index (χ0v) is 6.49. The van der Waals surface area contributed by atoms with Crippen LogP contribution in [0.5, 0.6) is 0 Å². The van der Waals surface area contributed by atoms with Gasteiger partial charge in [0.25, 0.3) is 0 Å². The highest BCUT2D eigenvalue weighted by atomic mass is 16.5. The minimum absolute atomic E-state index is 0.0324. The highest BCUT2D eigenvalue weighted by molar-refractivity contribution is 5.05. The van der Waals surface area contributed by atoms with Crippen molar-refractivity contribution in [1.29, 1.82) is 0 Å². The first-order chi connectivity index (χ1) is 5.38. The summed E-state index contributed by atoms with van der Waals surface area (Å²) in [5, 5.41) is 8.89. The normalized spacial score (nSPS) is 13.3. The van der Waals surface area contributed by atoms with Crippen molar-refractivity contribution >= 4 is 0 Å². The third-order valence-electron chi connectivity index (χ3n) is 1.53. The predicted octanol–water partition coefficient (Wildman–Crippen LogP) is 1.00. The molecule has 0 spiro atoms. The van der Waals surface area contributed by atoms with E-state index in [1.165, 1.54) is 0 Å². The lowest BCUT2D eigenvalue weighted by Gasteiger charge is -2.08. The maximum atomic E-state index is 8.89. The van der Waals surface area contributed by atoms with Crippen molar-refractivity contribution in [1.82, 2.24) is 0 Å². The van der Waals surface area contributed by atoms with Gasteiger partial charge in [0, 0.05) is 7.11 Å². The standard InChI is InChI=1S/C8H12O3/c1-10-6-7(5-9)8-3-2-4-11-8/h2-4,7,9H,5-6H2,1H3. The zero-order valence-electron chi connectivity index (χ0n) is 6.49. The molecule has 1 unspecified atom stereocenters. The van der Waals surface area contributed by atoms with Crippen molar-refractivity contribution in [2.24, 2.45) is 0 Å². The summed E-state index contributed by atoms with van der Waals surface area (Å²) in [5.74, 6) is 0.740. The highest BCUT2D eigenvalue weighted by Crippen LogP contribution is 2.15. The van der Waals surface area contributed by atoms with Gasteiger partial charge in [0.15, 0.2) is 0 Å². The number of aliphatic hydroxyl groups is 1. The van der Waals surface area contributed by atoms with Crippen molar-refractivity contribution < 1.29 is 14.3 Å². The largest absolute Gasteiger partial charge is 0.469 e. The molecule has 1 atom stereocenters. The molecule has 1 rings (SSSR count). The molecule has 1 aromatic heterocycles. The van der Waals surface area contributed by atoms with Gasteiger partial charge in [-0.3, -0.25) is 0 Å². The molecule has 0 saturated carbocycles. The van der Waals surface area contributed by atoms with Gasteiger partial charge in [-0.2, -0.15) is 0 Å². The van der Waals surface area contributed by atoms with Crippen LogP contribution in [0.1, 0.15) is 11.7 Å². The van der Waals surface area contributed by atoms with Crippen LogP contribution in [0.4, 0.5) is 0 Å². The average molecular weight is 156 g/mol. The molecule has 0 aliphatic carbocycles. The lowest BCUT2D eigenvalue weighted by atomic mass is 10.1.